The van der Waals surface area contributed by atoms with E-state index in [1.54, 1.807) is 20.8 Å². The largest absolute Gasteiger partial charge is 0.459 e. The number of aliphatic hydroxyl groups is 10. The van der Waals surface area contributed by atoms with E-state index < -0.39 is 69.9 Å². The summed E-state index contributed by atoms with van der Waals surface area (Å²) in [5, 5.41) is 97.0. The fourth-order valence-electron chi connectivity index (χ4n) is 26.0. The van der Waals surface area contributed by atoms with E-state index in [1.807, 2.05) is 34.6 Å². The molecule has 25 rings (SSSR count). The topological polar surface area (TPSA) is 465 Å². The quantitative estimate of drug-likeness (QED) is 0.122. The zero-order chi connectivity index (χ0) is 81.9. The minimum atomic E-state index is -1.09. The summed E-state index contributed by atoms with van der Waals surface area (Å²) in [5.41, 5.74) is -4.49. The Morgan fingerprint density at radius 3 is 1.65 bits per heavy atom. The molecule has 30 nitrogen and oxygen atoms in total. The van der Waals surface area contributed by atoms with Crippen LogP contribution in [-0.2, 0) is 95.3 Å². The summed E-state index contributed by atoms with van der Waals surface area (Å²) in [4.78, 5) is 112. The summed E-state index contributed by atoms with van der Waals surface area (Å²) in [6.07, 6.45) is 16.5. The van der Waals surface area contributed by atoms with Crippen LogP contribution in [0.25, 0.3) is 0 Å². The fraction of sp³-hybridized carbons (Fsp3) is 0.881. The van der Waals surface area contributed by atoms with Gasteiger partial charge in [-0.1, -0.05) is 13.8 Å². The number of carbonyl (C=O) groups is 10. The SMILES string of the molecule is CC1(O)C2CC3C(=O)OC1C3C2.CC1(O)CCC2CC1(C)OC2=O.CC1(O)CCC2CC1OC2=O.CC12CC(CCC1O)C(=O)O2.CC12CC3C(=O)OC(C3C1)C2O.CC12CC3CC1C(O)(C3)OC2=O.CC12OC(=O)C3CC(CC31)C2O.CC1CC2CC(OC2=O)C1O.O=C1OC2C(O)C3CC1C2C3.O=C1OC2CC1CCC2O. The Balaban J connectivity index is 0.0000000955. The van der Waals surface area contributed by atoms with Gasteiger partial charge in [0.25, 0.3) is 0 Å². The van der Waals surface area contributed by atoms with Crippen molar-refractivity contribution in [2.45, 2.75) is 335 Å². The molecule has 40 unspecified atom stereocenters. The molecule has 10 aliphatic heterocycles. The molecule has 20 bridgehead atoms. The highest BCUT2D eigenvalue weighted by Crippen LogP contribution is 2.67. The molecular weight excluding hydrogens is 1490 g/mol. The molecule has 0 aromatic heterocycles. The Labute approximate surface area is 662 Å². The minimum absolute atomic E-state index is 0.0356. The predicted molar refractivity (Wildman–Crippen MR) is 385 cm³/mol. The van der Waals surface area contributed by atoms with E-state index in [0.29, 0.717) is 92.3 Å². The molecule has 25 aliphatic rings. The Bertz CT molecular complexity index is 3860. The minimum Gasteiger partial charge on any atom is -0.459 e. The molecule has 114 heavy (non-hydrogen) atoms. The van der Waals surface area contributed by atoms with E-state index in [1.165, 1.54) is 0 Å². The van der Waals surface area contributed by atoms with Crippen molar-refractivity contribution in [3.8, 4) is 0 Å². The van der Waals surface area contributed by atoms with Gasteiger partial charge in [-0.05, 0) is 205 Å². The van der Waals surface area contributed by atoms with Gasteiger partial charge in [0, 0.05) is 68.1 Å². The van der Waals surface area contributed by atoms with Crippen molar-refractivity contribution in [1.29, 1.82) is 0 Å². The van der Waals surface area contributed by atoms with Crippen molar-refractivity contribution >= 4 is 59.7 Å². The van der Waals surface area contributed by atoms with Crippen molar-refractivity contribution in [3.63, 3.8) is 0 Å². The molecule has 10 heterocycles. The van der Waals surface area contributed by atoms with Gasteiger partial charge in [-0.25, -0.2) is 0 Å². The van der Waals surface area contributed by atoms with E-state index in [2.05, 4.69) is 6.92 Å². The van der Waals surface area contributed by atoms with Crippen molar-refractivity contribution in [2.75, 3.05) is 0 Å². The smallest absolute Gasteiger partial charge is 0.314 e. The molecular formula is C84H118O30. The Morgan fingerprint density at radius 1 is 0.412 bits per heavy atom. The van der Waals surface area contributed by atoms with Gasteiger partial charge in [0.05, 0.1) is 101 Å². The molecule has 10 N–H and O–H groups in total. The van der Waals surface area contributed by atoms with Gasteiger partial charge in [0.1, 0.15) is 64.6 Å². The van der Waals surface area contributed by atoms with Crippen LogP contribution in [-0.4, -0.2) is 223 Å². The van der Waals surface area contributed by atoms with Crippen molar-refractivity contribution in [1.82, 2.24) is 0 Å². The second-order valence-electron chi connectivity index (χ2n) is 40.8. The lowest BCUT2D eigenvalue weighted by Gasteiger charge is -2.40. The van der Waals surface area contributed by atoms with Crippen molar-refractivity contribution < 1.29 is 146 Å². The maximum absolute atomic E-state index is 11.4. The summed E-state index contributed by atoms with van der Waals surface area (Å²) in [6, 6.07) is 0. The molecule has 15 aliphatic carbocycles. The van der Waals surface area contributed by atoms with Crippen LogP contribution in [0.1, 0.15) is 223 Å². The highest BCUT2D eigenvalue weighted by Gasteiger charge is 2.73. The average molecular weight is 1610 g/mol. The summed E-state index contributed by atoms with van der Waals surface area (Å²) in [6.45, 7) is 16.8. The molecule has 0 amide bonds. The molecule has 30 heteroatoms. The molecule has 0 spiro atoms. The number of hydrogen-bond donors (Lipinski definition) is 10. The maximum atomic E-state index is 11.4. The van der Waals surface area contributed by atoms with E-state index >= 15 is 0 Å². The van der Waals surface area contributed by atoms with Gasteiger partial charge < -0.3 is 98.4 Å². The van der Waals surface area contributed by atoms with Crippen molar-refractivity contribution in [3.05, 3.63) is 0 Å². The van der Waals surface area contributed by atoms with Gasteiger partial charge in [0.15, 0.2) is 0 Å². The summed E-state index contributed by atoms with van der Waals surface area (Å²) in [7, 11) is 0. The van der Waals surface area contributed by atoms with Gasteiger partial charge in [-0.15, -0.1) is 0 Å². The van der Waals surface area contributed by atoms with Gasteiger partial charge >= 0.3 is 59.7 Å². The third-order valence-electron chi connectivity index (χ3n) is 33.3. The Hall–Kier alpha value is -5.70. The third kappa shape index (κ3) is 13.5. The number of esters is 10. The first-order chi connectivity index (χ1) is 53.3. The van der Waals surface area contributed by atoms with E-state index in [0.717, 1.165) is 116 Å². The molecule has 0 aromatic rings. The first-order valence-electron chi connectivity index (χ1n) is 42.4. The number of rotatable bonds is 0. The number of hydrogen-bond acceptors (Lipinski definition) is 30. The van der Waals surface area contributed by atoms with Crippen LogP contribution < -0.4 is 0 Å². The monoisotopic (exact) mass is 1610 g/mol. The standard InChI is InChI=1S/4C9H12O3.C9H14O3.C8H10O3.3C8H12O3.C7H10O3/c1-8-3-5-2-6(8)9(11,4-5)12-7(8)10;1-9-2-4-5(3-9)8(11)12-6(4)7(9)10;1-9(11)4-2-5-6(3-4)8(10)12-7(5)9;1-9-6-3-4(7(9)10)2-5(6)8(11)12-9;1-8(11)4-3-6-5-9(8,2)12-7(6)10;9-6-3-1-4-5(2-3)8(10)11-7(4)6;1-4-2-5-3-6(7(4)9)11-8(5)10;1-8(10)3-2-5-4-6(8)11-7(5)9;1-8-4-5(7(10)11-8)2-3-6(8)9;8-5-2-1-4-3-6(5)10-7(4)9/h5-6,11H,2-4H2,1H3;4-7,10H,2-3H2,1H3;4-7,11H,2-3H2,1H3;4-7,10H,2-3H2,1H3;6,11H,3-5H2,1-2H3;3-7,9H,1-2H2;4-7,9H,2-3H2,1H3;5-6,10H,2-4H2,1H3;5-6,9H,2-4H2,1H3;4-6,8H,1-3H2. The Morgan fingerprint density at radius 2 is 1.04 bits per heavy atom. The van der Waals surface area contributed by atoms with Crippen LogP contribution >= 0.6 is 0 Å². The molecule has 40 atom stereocenters. The lowest BCUT2D eigenvalue weighted by Crippen LogP contribution is -2.51. The summed E-state index contributed by atoms with van der Waals surface area (Å²) >= 11 is 0. The van der Waals surface area contributed by atoms with Crippen LogP contribution in [0, 0.1) is 123 Å². The zero-order valence-corrected chi connectivity index (χ0v) is 66.7. The summed E-state index contributed by atoms with van der Waals surface area (Å²) in [5.74, 6) is 1.63. The summed E-state index contributed by atoms with van der Waals surface area (Å²) < 4.78 is 50.8. The first-order valence-corrected chi connectivity index (χ1v) is 42.4. The van der Waals surface area contributed by atoms with Gasteiger partial charge in [-0.3, -0.25) is 47.9 Å². The number of carbonyl (C=O) groups excluding carboxylic acids is 10. The number of ether oxygens (including phenoxy) is 10. The zero-order valence-electron chi connectivity index (χ0n) is 66.7. The van der Waals surface area contributed by atoms with Crippen molar-refractivity contribution in [2.24, 2.45) is 123 Å². The van der Waals surface area contributed by atoms with Crippen LogP contribution in [0.4, 0.5) is 0 Å². The lowest BCUT2D eigenvalue weighted by atomic mass is 9.72. The normalized spacial score (nSPS) is 55.0. The molecule has 0 radical (unpaired) electrons. The predicted octanol–water partition coefficient (Wildman–Crippen LogP) is 3.72. The lowest BCUT2D eigenvalue weighted by molar-refractivity contribution is -0.196. The molecule has 25 fully saturated rings. The van der Waals surface area contributed by atoms with Gasteiger partial charge in [0.2, 0.25) is 5.79 Å². The van der Waals surface area contributed by atoms with Crippen LogP contribution in [0.3, 0.4) is 0 Å². The maximum Gasteiger partial charge on any atom is 0.314 e. The average Bonchev–Trinajstić information content (AvgIpc) is 1.54. The second-order valence-corrected chi connectivity index (χ2v) is 40.8. The first kappa shape index (κ1) is 82.0. The highest BCUT2D eigenvalue weighted by atomic mass is 16.7. The van der Waals surface area contributed by atoms with E-state index in [4.69, 9.17) is 47.4 Å². The highest BCUT2D eigenvalue weighted by molar-refractivity contribution is 5.82. The number of fused-ring (bicyclic) bond motifs is 15. The fourth-order valence-corrected chi connectivity index (χ4v) is 26.0. The van der Waals surface area contributed by atoms with Gasteiger partial charge in [-0.2, -0.15) is 0 Å². The van der Waals surface area contributed by atoms with E-state index in [9.17, 15) is 99.0 Å². The van der Waals surface area contributed by atoms with Crippen LogP contribution in [0.2, 0.25) is 0 Å². The third-order valence-corrected chi connectivity index (χ3v) is 33.3. The van der Waals surface area contributed by atoms with Crippen LogP contribution in [0.5, 0.6) is 0 Å². The molecule has 10 saturated heterocycles. The second kappa shape index (κ2) is 28.5. The number of aliphatic hydroxyl groups excluding tert-OH is 6. The van der Waals surface area contributed by atoms with E-state index in [-0.39, 0.29) is 178 Å². The molecule has 15 saturated carbocycles. The molecule has 634 valence electrons. The van der Waals surface area contributed by atoms with Crippen LogP contribution in [0.15, 0.2) is 0 Å². The Kier molecular flexibility index (Phi) is 20.5. The molecule has 0 aromatic carbocycles.